The van der Waals surface area contributed by atoms with Crippen molar-refractivity contribution in [1.29, 1.82) is 0 Å². The molecule has 0 saturated carbocycles. The largest absolute Gasteiger partial charge is 0.496 e. The van der Waals surface area contributed by atoms with Crippen LogP contribution in [0, 0.1) is 0 Å². The van der Waals surface area contributed by atoms with Crippen LogP contribution in [0.1, 0.15) is 6.42 Å². The summed E-state index contributed by atoms with van der Waals surface area (Å²) in [6, 6.07) is 8.10. The Morgan fingerprint density at radius 2 is 2.15 bits per heavy atom. The smallest absolute Gasteiger partial charge is 0.132 e. The number of hydrogen-bond acceptors (Lipinski definition) is 3. The van der Waals surface area contributed by atoms with Crippen molar-refractivity contribution in [3.63, 3.8) is 0 Å². The summed E-state index contributed by atoms with van der Waals surface area (Å²) in [4.78, 5) is 1.21. The highest BCUT2D eigenvalue weighted by Gasteiger charge is 2.00. The zero-order chi connectivity index (χ0) is 9.52. The van der Waals surface area contributed by atoms with E-state index in [1.54, 1.807) is 7.11 Å². The molecule has 0 heterocycles. The third-order valence-electron chi connectivity index (χ3n) is 1.63. The van der Waals surface area contributed by atoms with Crippen molar-refractivity contribution in [1.82, 2.24) is 0 Å². The van der Waals surface area contributed by atoms with E-state index >= 15 is 0 Å². The monoisotopic (exact) mass is 214 g/mol. The molecular weight excluding hydrogens is 200 g/mol. The minimum atomic E-state index is 0.947. The summed E-state index contributed by atoms with van der Waals surface area (Å²) >= 11 is 5.99. The van der Waals surface area contributed by atoms with Crippen molar-refractivity contribution in [2.45, 2.75) is 11.3 Å². The van der Waals surface area contributed by atoms with Gasteiger partial charge < -0.3 is 4.74 Å². The Hall–Kier alpha value is -0.280. The van der Waals surface area contributed by atoms with Gasteiger partial charge in [0.2, 0.25) is 0 Å². The van der Waals surface area contributed by atoms with Gasteiger partial charge in [-0.25, -0.2) is 0 Å². The molecule has 1 aromatic rings. The third-order valence-corrected chi connectivity index (χ3v) is 3.09. The van der Waals surface area contributed by atoms with Crippen LogP contribution in [0.3, 0.4) is 0 Å². The van der Waals surface area contributed by atoms with Crippen molar-refractivity contribution < 1.29 is 4.74 Å². The van der Waals surface area contributed by atoms with E-state index < -0.39 is 0 Å². The summed E-state index contributed by atoms with van der Waals surface area (Å²) < 4.78 is 5.24. The first kappa shape index (κ1) is 10.8. The van der Waals surface area contributed by atoms with Crippen LogP contribution in [0.25, 0.3) is 0 Å². The number of methoxy groups -OCH3 is 1. The lowest BCUT2D eigenvalue weighted by molar-refractivity contribution is 0.405. The average Bonchev–Trinajstić information content (AvgIpc) is 2.19. The normalized spacial score (nSPS) is 10.0. The molecule has 72 valence electrons. The zero-order valence-electron chi connectivity index (χ0n) is 7.69. The summed E-state index contributed by atoms with van der Waals surface area (Å²) in [5, 5.41) is 0. The van der Waals surface area contributed by atoms with Gasteiger partial charge in [0.1, 0.15) is 5.75 Å². The van der Waals surface area contributed by atoms with Crippen LogP contribution in [0.4, 0.5) is 0 Å². The number of benzene rings is 1. The molecule has 13 heavy (non-hydrogen) atoms. The van der Waals surface area contributed by atoms with E-state index in [2.05, 4.69) is 18.7 Å². The molecule has 0 saturated heterocycles. The number of ether oxygens (including phenoxy) is 1. The van der Waals surface area contributed by atoms with Crippen LogP contribution in [0.2, 0.25) is 0 Å². The molecule has 0 aliphatic rings. The second-order valence-electron chi connectivity index (χ2n) is 2.58. The molecule has 0 aliphatic carbocycles. The first-order valence-electron chi connectivity index (χ1n) is 4.25. The van der Waals surface area contributed by atoms with Crippen molar-refractivity contribution in [2.75, 3.05) is 18.6 Å². The van der Waals surface area contributed by atoms with Crippen molar-refractivity contribution in [2.24, 2.45) is 0 Å². The minimum Gasteiger partial charge on any atom is -0.496 e. The Morgan fingerprint density at radius 3 is 2.85 bits per heavy atom. The number of hydrogen-bond donors (Lipinski definition) is 1. The van der Waals surface area contributed by atoms with Crippen LogP contribution >= 0.6 is 24.4 Å². The van der Waals surface area contributed by atoms with Gasteiger partial charge in [-0.15, -0.1) is 11.8 Å². The molecule has 0 amide bonds. The molecule has 0 bridgehead atoms. The predicted octanol–water partition coefficient (Wildman–Crippen LogP) is 3.11. The zero-order valence-corrected chi connectivity index (χ0v) is 9.41. The van der Waals surface area contributed by atoms with Gasteiger partial charge >= 0.3 is 0 Å². The number of thiol groups is 1. The van der Waals surface area contributed by atoms with Crippen LogP contribution in [-0.2, 0) is 0 Å². The number of para-hydroxylation sites is 1. The van der Waals surface area contributed by atoms with Crippen LogP contribution < -0.4 is 4.74 Å². The Labute approximate surface area is 89.3 Å². The molecule has 1 rings (SSSR count). The molecule has 0 aliphatic heterocycles. The molecule has 3 heteroatoms. The van der Waals surface area contributed by atoms with E-state index in [9.17, 15) is 0 Å². The van der Waals surface area contributed by atoms with Gasteiger partial charge in [0.05, 0.1) is 7.11 Å². The van der Waals surface area contributed by atoms with Gasteiger partial charge in [-0.05, 0) is 30.1 Å². The Bertz CT molecular complexity index is 250. The molecule has 0 unspecified atom stereocenters. The highest BCUT2D eigenvalue weighted by atomic mass is 32.2. The van der Waals surface area contributed by atoms with Gasteiger partial charge in [-0.1, -0.05) is 12.1 Å². The molecule has 0 fully saturated rings. The maximum absolute atomic E-state index is 5.24. The Balaban J connectivity index is 2.54. The maximum atomic E-state index is 5.24. The average molecular weight is 214 g/mol. The summed E-state index contributed by atoms with van der Waals surface area (Å²) in [6.45, 7) is 0. The molecule has 1 nitrogen and oxygen atoms in total. The van der Waals surface area contributed by atoms with Gasteiger partial charge in [-0.2, -0.15) is 12.6 Å². The highest BCUT2D eigenvalue weighted by Crippen LogP contribution is 2.28. The molecule has 0 spiro atoms. The van der Waals surface area contributed by atoms with E-state index in [-0.39, 0.29) is 0 Å². The lowest BCUT2D eigenvalue weighted by Gasteiger charge is -2.06. The third kappa shape index (κ3) is 3.53. The second kappa shape index (κ2) is 6.22. The van der Waals surface area contributed by atoms with E-state index in [1.807, 2.05) is 30.0 Å². The lowest BCUT2D eigenvalue weighted by atomic mass is 10.3. The number of rotatable bonds is 5. The fraction of sp³-hybridized carbons (Fsp3) is 0.400. The Kier molecular flexibility index (Phi) is 5.16. The highest BCUT2D eigenvalue weighted by molar-refractivity contribution is 7.99. The van der Waals surface area contributed by atoms with Crippen molar-refractivity contribution in [3.8, 4) is 5.75 Å². The quantitative estimate of drug-likeness (QED) is 0.458. The summed E-state index contributed by atoms with van der Waals surface area (Å²) in [5.74, 6) is 3.01. The first-order chi connectivity index (χ1) is 6.38. The molecular formula is C10H14OS2. The van der Waals surface area contributed by atoms with Gasteiger partial charge in [-0.3, -0.25) is 0 Å². The fourth-order valence-electron chi connectivity index (χ4n) is 0.985. The summed E-state index contributed by atoms with van der Waals surface area (Å²) in [6.07, 6.45) is 1.13. The topological polar surface area (TPSA) is 9.23 Å². The van der Waals surface area contributed by atoms with Crippen molar-refractivity contribution >= 4 is 24.4 Å². The Morgan fingerprint density at radius 1 is 1.38 bits per heavy atom. The molecule has 0 N–H and O–H groups in total. The van der Waals surface area contributed by atoms with E-state index in [0.717, 1.165) is 23.7 Å². The standard InChI is InChI=1S/C10H14OS2/c1-11-9-5-2-3-6-10(9)13-8-4-7-12/h2-3,5-6,12H,4,7-8H2,1H3. The lowest BCUT2D eigenvalue weighted by Crippen LogP contribution is -1.87. The number of thioether (sulfide) groups is 1. The first-order valence-corrected chi connectivity index (χ1v) is 5.87. The van der Waals surface area contributed by atoms with Crippen LogP contribution in [-0.4, -0.2) is 18.6 Å². The molecule has 0 aromatic heterocycles. The molecule has 1 aromatic carbocycles. The van der Waals surface area contributed by atoms with E-state index in [0.29, 0.717) is 0 Å². The van der Waals surface area contributed by atoms with E-state index in [1.165, 1.54) is 4.90 Å². The van der Waals surface area contributed by atoms with Gasteiger partial charge in [0.25, 0.3) is 0 Å². The second-order valence-corrected chi connectivity index (χ2v) is 4.16. The van der Waals surface area contributed by atoms with Crippen molar-refractivity contribution in [3.05, 3.63) is 24.3 Å². The summed E-state index contributed by atoms with van der Waals surface area (Å²) in [7, 11) is 1.71. The predicted molar refractivity (Wildman–Crippen MR) is 62.2 cm³/mol. The summed E-state index contributed by atoms with van der Waals surface area (Å²) in [5.41, 5.74) is 0. The maximum Gasteiger partial charge on any atom is 0.132 e. The molecule has 0 radical (unpaired) electrons. The van der Waals surface area contributed by atoms with Gasteiger partial charge in [0.15, 0.2) is 0 Å². The van der Waals surface area contributed by atoms with E-state index in [4.69, 9.17) is 4.74 Å². The SMILES string of the molecule is COc1ccccc1SCCCS. The molecule has 0 atom stereocenters. The fourth-order valence-corrected chi connectivity index (χ4v) is 2.33. The van der Waals surface area contributed by atoms with Crippen LogP contribution in [0.15, 0.2) is 29.2 Å². The van der Waals surface area contributed by atoms with Gasteiger partial charge in [0, 0.05) is 4.90 Å². The minimum absolute atomic E-state index is 0.947. The van der Waals surface area contributed by atoms with Crippen LogP contribution in [0.5, 0.6) is 5.75 Å².